The summed E-state index contributed by atoms with van der Waals surface area (Å²) in [4.78, 5) is 14.8. The minimum absolute atomic E-state index is 0.00995. The molecule has 2 atom stereocenters. The normalized spacial score (nSPS) is 24.4. The standard InChI is InChI=1S/C17H22ClN5O2/c1-10-7-14-15(11(2)25-10)20-21-16(14)17(24)22-5-3-13(4-6-22)23-9-12(18)8-19-23/h8-11,13H,3-7H2,1-2H3,(H,20,21)/t10-,11+/m1/s1. The van der Waals surface area contributed by atoms with Gasteiger partial charge in [0.2, 0.25) is 0 Å². The van der Waals surface area contributed by atoms with Gasteiger partial charge in [-0.2, -0.15) is 10.2 Å². The Bertz CT molecular complexity index is 778. The Hall–Kier alpha value is -1.86. The number of carbonyl (C=O) groups is 1. The van der Waals surface area contributed by atoms with Gasteiger partial charge in [-0.1, -0.05) is 11.6 Å². The summed E-state index contributed by atoms with van der Waals surface area (Å²) >= 11 is 5.95. The first kappa shape index (κ1) is 16.6. The van der Waals surface area contributed by atoms with E-state index in [2.05, 4.69) is 15.3 Å². The highest BCUT2D eigenvalue weighted by molar-refractivity contribution is 6.30. The number of aromatic nitrogens is 4. The quantitative estimate of drug-likeness (QED) is 0.890. The molecule has 7 nitrogen and oxygen atoms in total. The largest absolute Gasteiger partial charge is 0.369 e. The van der Waals surface area contributed by atoms with Gasteiger partial charge in [0.05, 0.1) is 35.2 Å². The number of piperidine rings is 1. The van der Waals surface area contributed by atoms with E-state index in [1.54, 1.807) is 6.20 Å². The van der Waals surface area contributed by atoms with Crippen LogP contribution in [-0.4, -0.2) is 50.0 Å². The monoisotopic (exact) mass is 363 g/mol. The van der Waals surface area contributed by atoms with Crippen molar-refractivity contribution < 1.29 is 9.53 Å². The fourth-order valence-corrected chi connectivity index (χ4v) is 3.99. The van der Waals surface area contributed by atoms with Crippen molar-refractivity contribution in [2.45, 2.75) is 51.4 Å². The van der Waals surface area contributed by atoms with Gasteiger partial charge in [-0.3, -0.25) is 14.6 Å². The Morgan fingerprint density at radius 1 is 1.36 bits per heavy atom. The van der Waals surface area contributed by atoms with E-state index in [0.717, 1.165) is 30.5 Å². The minimum Gasteiger partial charge on any atom is -0.369 e. The molecule has 134 valence electrons. The molecule has 4 heterocycles. The SMILES string of the molecule is C[C@@H]1Cc2c(C(=O)N3CCC(n4cc(Cl)cn4)CC3)n[nH]c2[C@H](C)O1. The van der Waals surface area contributed by atoms with Crippen LogP contribution in [0.4, 0.5) is 0 Å². The van der Waals surface area contributed by atoms with E-state index in [9.17, 15) is 4.79 Å². The summed E-state index contributed by atoms with van der Waals surface area (Å²) in [7, 11) is 0. The van der Waals surface area contributed by atoms with Crippen LogP contribution in [0.15, 0.2) is 12.4 Å². The van der Waals surface area contributed by atoms with Crippen molar-refractivity contribution in [3.63, 3.8) is 0 Å². The van der Waals surface area contributed by atoms with Crippen LogP contribution in [-0.2, 0) is 11.2 Å². The molecule has 0 bridgehead atoms. The van der Waals surface area contributed by atoms with Crippen LogP contribution in [0, 0.1) is 0 Å². The van der Waals surface area contributed by atoms with Crippen LogP contribution in [0.5, 0.6) is 0 Å². The highest BCUT2D eigenvalue weighted by Gasteiger charge is 2.33. The topological polar surface area (TPSA) is 76.0 Å². The van der Waals surface area contributed by atoms with Gasteiger partial charge in [0.1, 0.15) is 0 Å². The van der Waals surface area contributed by atoms with E-state index in [4.69, 9.17) is 16.3 Å². The molecule has 2 aromatic heterocycles. The number of nitrogens with zero attached hydrogens (tertiary/aromatic N) is 4. The fraction of sp³-hybridized carbons (Fsp3) is 0.588. The van der Waals surface area contributed by atoms with Crippen LogP contribution in [0.3, 0.4) is 0 Å². The van der Waals surface area contributed by atoms with Crippen molar-refractivity contribution in [1.82, 2.24) is 24.9 Å². The molecule has 0 aromatic carbocycles. The van der Waals surface area contributed by atoms with Crippen molar-refractivity contribution in [3.05, 3.63) is 34.4 Å². The van der Waals surface area contributed by atoms with Gasteiger partial charge in [0, 0.05) is 31.3 Å². The molecule has 2 aromatic rings. The molecule has 25 heavy (non-hydrogen) atoms. The highest BCUT2D eigenvalue weighted by atomic mass is 35.5. The average Bonchev–Trinajstić information content (AvgIpc) is 3.21. The Labute approximate surface area is 151 Å². The number of ether oxygens (including phenoxy) is 1. The number of aromatic amines is 1. The maximum atomic E-state index is 13.0. The summed E-state index contributed by atoms with van der Waals surface area (Å²) in [5.74, 6) is 0.00995. The molecule has 1 amide bonds. The first-order valence-corrected chi connectivity index (χ1v) is 9.12. The number of H-pyrrole nitrogens is 1. The number of hydrogen-bond acceptors (Lipinski definition) is 4. The molecule has 0 spiro atoms. The number of halogens is 1. The molecule has 0 saturated carbocycles. The van der Waals surface area contributed by atoms with E-state index in [-0.39, 0.29) is 24.2 Å². The number of rotatable bonds is 2. The van der Waals surface area contributed by atoms with Crippen molar-refractivity contribution in [1.29, 1.82) is 0 Å². The number of fused-ring (bicyclic) bond motifs is 1. The highest BCUT2D eigenvalue weighted by Crippen LogP contribution is 2.31. The predicted molar refractivity (Wildman–Crippen MR) is 92.7 cm³/mol. The Morgan fingerprint density at radius 2 is 2.12 bits per heavy atom. The van der Waals surface area contributed by atoms with Crippen LogP contribution in [0.25, 0.3) is 0 Å². The smallest absolute Gasteiger partial charge is 0.274 e. The van der Waals surface area contributed by atoms with Crippen molar-refractivity contribution >= 4 is 17.5 Å². The third-order valence-corrected chi connectivity index (χ3v) is 5.33. The van der Waals surface area contributed by atoms with Crippen molar-refractivity contribution in [3.8, 4) is 0 Å². The van der Waals surface area contributed by atoms with Gasteiger partial charge in [-0.15, -0.1) is 0 Å². The van der Waals surface area contributed by atoms with Crippen molar-refractivity contribution in [2.24, 2.45) is 0 Å². The lowest BCUT2D eigenvalue weighted by molar-refractivity contribution is -0.00703. The zero-order valence-electron chi connectivity index (χ0n) is 14.4. The lowest BCUT2D eigenvalue weighted by atomic mass is 9.98. The molecular formula is C17H22ClN5O2. The number of carbonyl (C=O) groups excluding carboxylic acids is 1. The Balaban J connectivity index is 1.46. The second-order valence-electron chi connectivity index (χ2n) is 6.92. The summed E-state index contributed by atoms with van der Waals surface area (Å²) in [5, 5.41) is 12.2. The second-order valence-corrected chi connectivity index (χ2v) is 7.36. The molecule has 0 aliphatic carbocycles. The lowest BCUT2D eigenvalue weighted by Gasteiger charge is -2.32. The first-order valence-electron chi connectivity index (χ1n) is 8.74. The van der Waals surface area contributed by atoms with E-state index in [1.807, 2.05) is 29.6 Å². The number of likely N-dealkylation sites (tertiary alicyclic amines) is 1. The van der Waals surface area contributed by atoms with Gasteiger partial charge in [-0.05, 0) is 26.7 Å². The van der Waals surface area contributed by atoms with E-state index in [0.29, 0.717) is 23.8 Å². The molecule has 4 rings (SSSR count). The Morgan fingerprint density at radius 3 is 2.80 bits per heavy atom. The Kier molecular flexibility index (Phi) is 4.29. The summed E-state index contributed by atoms with van der Waals surface area (Å²) in [6, 6.07) is 0.290. The van der Waals surface area contributed by atoms with Gasteiger partial charge >= 0.3 is 0 Å². The third-order valence-electron chi connectivity index (χ3n) is 5.13. The van der Waals surface area contributed by atoms with Crippen molar-refractivity contribution in [2.75, 3.05) is 13.1 Å². The van der Waals surface area contributed by atoms with E-state index < -0.39 is 0 Å². The molecule has 2 aliphatic heterocycles. The van der Waals surface area contributed by atoms with Crippen LogP contribution < -0.4 is 0 Å². The molecule has 8 heteroatoms. The first-order chi connectivity index (χ1) is 12.0. The summed E-state index contributed by atoms with van der Waals surface area (Å²) in [6.07, 6.45) is 6.00. The van der Waals surface area contributed by atoms with Crippen LogP contribution in [0.1, 0.15) is 60.6 Å². The van der Waals surface area contributed by atoms with Gasteiger partial charge < -0.3 is 9.64 Å². The molecule has 0 radical (unpaired) electrons. The molecule has 1 saturated heterocycles. The van der Waals surface area contributed by atoms with E-state index >= 15 is 0 Å². The average molecular weight is 364 g/mol. The fourth-order valence-electron chi connectivity index (χ4n) is 3.85. The number of amides is 1. The molecule has 2 aliphatic rings. The summed E-state index contributed by atoms with van der Waals surface area (Å²) < 4.78 is 7.70. The van der Waals surface area contributed by atoms with Gasteiger partial charge in [-0.25, -0.2) is 0 Å². The van der Waals surface area contributed by atoms with E-state index in [1.165, 1.54) is 0 Å². The molecule has 0 unspecified atom stereocenters. The minimum atomic E-state index is -0.0527. The molecular weight excluding hydrogens is 342 g/mol. The summed E-state index contributed by atoms with van der Waals surface area (Å²) in [5.41, 5.74) is 2.50. The predicted octanol–water partition coefficient (Wildman–Crippen LogP) is 2.76. The van der Waals surface area contributed by atoms with Gasteiger partial charge in [0.15, 0.2) is 5.69 Å². The number of hydrogen-bond donors (Lipinski definition) is 1. The maximum Gasteiger partial charge on any atom is 0.274 e. The lowest BCUT2D eigenvalue weighted by Crippen LogP contribution is -2.40. The number of nitrogens with one attached hydrogen (secondary N) is 1. The van der Waals surface area contributed by atoms with Gasteiger partial charge in [0.25, 0.3) is 5.91 Å². The zero-order valence-corrected chi connectivity index (χ0v) is 15.2. The zero-order chi connectivity index (χ0) is 17.6. The summed E-state index contributed by atoms with van der Waals surface area (Å²) in [6.45, 7) is 5.41. The van der Waals surface area contributed by atoms with Crippen LogP contribution in [0.2, 0.25) is 5.02 Å². The maximum absolute atomic E-state index is 13.0. The molecule has 1 N–H and O–H groups in total. The second kappa shape index (κ2) is 6.46. The molecule has 1 fully saturated rings. The van der Waals surface area contributed by atoms with Crippen LogP contribution >= 0.6 is 11.6 Å². The third kappa shape index (κ3) is 3.06.